The van der Waals surface area contributed by atoms with Gasteiger partial charge in [0.15, 0.2) is 0 Å². The average molecular weight is 462 g/mol. The van der Waals surface area contributed by atoms with E-state index in [2.05, 4.69) is 18.7 Å². The number of carbonyl (C=O) groups is 1. The van der Waals surface area contributed by atoms with E-state index in [9.17, 15) is 25.8 Å². The van der Waals surface area contributed by atoms with Crippen molar-refractivity contribution in [2.75, 3.05) is 18.0 Å². The van der Waals surface area contributed by atoms with Crippen molar-refractivity contribution in [2.24, 2.45) is 0 Å². The van der Waals surface area contributed by atoms with Crippen LogP contribution in [0.25, 0.3) is 11.1 Å². The van der Waals surface area contributed by atoms with E-state index in [-0.39, 0.29) is 22.3 Å². The Labute approximate surface area is 207 Å². The van der Waals surface area contributed by atoms with Crippen molar-refractivity contribution in [3.05, 3.63) is 76.4 Å². The number of anilines is 1. The molecular formula is C29H27N5O. The Hall–Kier alpha value is -4.65. The highest BCUT2D eigenvalue weighted by Gasteiger charge is 2.21. The summed E-state index contributed by atoms with van der Waals surface area (Å²) in [5, 5.41) is 38.8. The second kappa shape index (κ2) is 13.8. The normalized spacial score (nSPS) is 9.54. The largest absolute Gasteiger partial charge is 0.372 e. The standard InChI is InChI=1S/C29H27N5O/c1-3-5-15-34(16-6-4-2)27-13-11-24(12-14-27)29(26(19-32)20-33)28(25(17-30)18-31)23-9-7-22(21-35)8-10-23/h7-14,21H,3-6,15-16H2,1-2H3. The quantitative estimate of drug-likeness (QED) is 0.223. The minimum absolute atomic E-state index is 0.187. The molecule has 2 rings (SSSR count). The first-order valence-corrected chi connectivity index (χ1v) is 11.6. The van der Waals surface area contributed by atoms with Gasteiger partial charge < -0.3 is 4.90 Å². The van der Waals surface area contributed by atoms with E-state index in [1.807, 2.05) is 48.5 Å². The van der Waals surface area contributed by atoms with Gasteiger partial charge in [0.1, 0.15) is 41.7 Å². The van der Waals surface area contributed by atoms with Crippen LogP contribution in [-0.4, -0.2) is 19.4 Å². The smallest absolute Gasteiger partial charge is 0.150 e. The Bertz CT molecular complexity index is 1220. The summed E-state index contributed by atoms with van der Waals surface area (Å²) in [7, 11) is 0. The van der Waals surface area contributed by atoms with E-state index in [1.54, 1.807) is 24.3 Å². The molecule has 0 aliphatic heterocycles. The first kappa shape index (κ1) is 26.6. The van der Waals surface area contributed by atoms with Gasteiger partial charge in [-0.3, -0.25) is 4.79 Å². The number of unbranched alkanes of at least 4 members (excludes halogenated alkanes) is 2. The van der Waals surface area contributed by atoms with Crippen molar-refractivity contribution in [1.82, 2.24) is 0 Å². The molecule has 2 aromatic rings. The summed E-state index contributed by atoms with van der Waals surface area (Å²) in [5.74, 6) is 0. The Morgan fingerprint density at radius 2 is 1.11 bits per heavy atom. The molecule has 0 aliphatic carbocycles. The molecule has 0 bridgehead atoms. The fourth-order valence-corrected chi connectivity index (χ4v) is 3.74. The number of allylic oxidation sites excluding steroid dienone is 4. The number of nitriles is 4. The first-order chi connectivity index (χ1) is 17.1. The predicted octanol–water partition coefficient (Wildman–Crippen LogP) is 6.21. The van der Waals surface area contributed by atoms with Gasteiger partial charge in [-0.2, -0.15) is 21.0 Å². The summed E-state index contributed by atoms with van der Waals surface area (Å²) >= 11 is 0. The van der Waals surface area contributed by atoms with Crippen molar-refractivity contribution in [2.45, 2.75) is 39.5 Å². The Kier molecular flexibility index (Phi) is 10.5. The van der Waals surface area contributed by atoms with Gasteiger partial charge >= 0.3 is 0 Å². The molecule has 0 atom stereocenters. The highest BCUT2D eigenvalue weighted by Crippen LogP contribution is 2.37. The number of hydrogen-bond acceptors (Lipinski definition) is 6. The molecule has 0 N–H and O–H groups in total. The van der Waals surface area contributed by atoms with Crippen LogP contribution in [0.3, 0.4) is 0 Å². The van der Waals surface area contributed by atoms with E-state index in [1.165, 1.54) is 0 Å². The number of nitrogens with zero attached hydrogens (tertiary/aromatic N) is 5. The lowest BCUT2D eigenvalue weighted by Gasteiger charge is -2.25. The van der Waals surface area contributed by atoms with E-state index < -0.39 is 0 Å². The lowest BCUT2D eigenvalue weighted by molar-refractivity contribution is 0.112. The van der Waals surface area contributed by atoms with Gasteiger partial charge in [0.05, 0.1) is 0 Å². The Morgan fingerprint density at radius 1 is 0.714 bits per heavy atom. The van der Waals surface area contributed by atoms with Gasteiger partial charge in [0.2, 0.25) is 0 Å². The van der Waals surface area contributed by atoms with Crippen LogP contribution in [-0.2, 0) is 0 Å². The lowest BCUT2D eigenvalue weighted by Crippen LogP contribution is -2.25. The van der Waals surface area contributed by atoms with Gasteiger partial charge in [-0.05, 0) is 36.1 Å². The molecule has 0 spiro atoms. The molecule has 0 aromatic heterocycles. The topological polar surface area (TPSA) is 115 Å². The SMILES string of the molecule is CCCCN(CCCC)c1ccc(C(=C(C#N)C#N)C(=C(C#N)C#N)c2ccc(C=O)cc2)cc1. The molecule has 6 nitrogen and oxygen atoms in total. The number of benzene rings is 2. The molecule has 6 heteroatoms. The summed E-state index contributed by atoms with van der Waals surface area (Å²) < 4.78 is 0. The third kappa shape index (κ3) is 6.68. The number of rotatable bonds is 11. The van der Waals surface area contributed by atoms with Gasteiger partial charge in [0, 0.05) is 35.5 Å². The maximum absolute atomic E-state index is 11.1. The van der Waals surface area contributed by atoms with Crippen LogP contribution >= 0.6 is 0 Å². The summed E-state index contributed by atoms with van der Waals surface area (Å²) in [6, 6.07) is 21.5. The molecule has 35 heavy (non-hydrogen) atoms. The highest BCUT2D eigenvalue weighted by molar-refractivity contribution is 6.11. The predicted molar refractivity (Wildman–Crippen MR) is 137 cm³/mol. The summed E-state index contributed by atoms with van der Waals surface area (Å²) in [6.07, 6.45) is 5.01. The fraction of sp³-hybridized carbons (Fsp3) is 0.276. The van der Waals surface area contributed by atoms with Gasteiger partial charge in [-0.15, -0.1) is 0 Å². The maximum Gasteiger partial charge on any atom is 0.150 e. The monoisotopic (exact) mass is 461 g/mol. The lowest BCUT2D eigenvalue weighted by atomic mass is 9.86. The van der Waals surface area contributed by atoms with E-state index >= 15 is 0 Å². The molecule has 0 unspecified atom stereocenters. The van der Waals surface area contributed by atoms with Gasteiger partial charge in [-0.25, -0.2) is 0 Å². The number of carbonyl (C=O) groups excluding carboxylic acids is 1. The minimum atomic E-state index is -0.224. The molecule has 0 fully saturated rings. The van der Waals surface area contributed by atoms with Crippen LogP contribution in [0.4, 0.5) is 5.69 Å². The number of aldehydes is 1. The van der Waals surface area contributed by atoms with E-state index in [0.717, 1.165) is 44.5 Å². The zero-order valence-corrected chi connectivity index (χ0v) is 20.1. The highest BCUT2D eigenvalue weighted by atomic mass is 16.1. The molecule has 0 saturated carbocycles. The van der Waals surface area contributed by atoms with Crippen LogP contribution < -0.4 is 4.90 Å². The molecule has 174 valence electrons. The molecule has 0 aliphatic rings. The van der Waals surface area contributed by atoms with Crippen LogP contribution in [0.15, 0.2) is 59.7 Å². The Balaban J connectivity index is 2.71. The zero-order valence-electron chi connectivity index (χ0n) is 20.1. The molecule has 0 amide bonds. The Morgan fingerprint density at radius 3 is 1.46 bits per heavy atom. The molecule has 0 saturated heterocycles. The third-order valence-corrected chi connectivity index (χ3v) is 5.62. The first-order valence-electron chi connectivity index (χ1n) is 11.6. The summed E-state index contributed by atoms with van der Waals surface area (Å²) in [5.41, 5.74) is 2.45. The molecule has 0 heterocycles. The minimum Gasteiger partial charge on any atom is -0.372 e. The van der Waals surface area contributed by atoms with Crippen molar-refractivity contribution in [3.63, 3.8) is 0 Å². The van der Waals surface area contributed by atoms with Crippen LogP contribution in [0, 0.1) is 45.3 Å². The van der Waals surface area contributed by atoms with Crippen molar-refractivity contribution in [1.29, 1.82) is 21.0 Å². The fourth-order valence-electron chi connectivity index (χ4n) is 3.74. The van der Waals surface area contributed by atoms with Gasteiger partial charge in [0.25, 0.3) is 0 Å². The number of hydrogen-bond donors (Lipinski definition) is 0. The van der Waals surface area contributed by atoms with E-state index in [4.69, 9.17) is 0 Å². The molecule has 2 aromatic carbocycles. The van der Waals surface area contributed by atoms with Crippen molar-refractivity contribution in [3.8, 4) is 24.3 Å². The van der Waals surface area contributed by atoms with Gasteiger partial charge in [-0.1, -0.05) is 63.1 Å². The average Bonchev–Trinajstić information content (AvgIpc) is 2.91. The van der Waals surface area contributed by atoms with Crippen LogP contribution in [0.1, 0.15) is 61.0 Å². The van der Waals surface area contributed by atoms with Crippen LogP contribution in [0.5, 0.6) is 0 Å². The van der Waals surface area contributed by atoms with Crippen LogP contribution in [0.2, 0.25) is 0 Å². The zero-order chi connectivity index (χ0) is 25.6. The van der Waals surface area contributed by atoms with E-state index in [0.29, 0.717) is 23.0 Å². The van der Waals surface area contributed by atoms with Crippen molar-refractivity contribution >= 4 is 23.1 Å². The van der Waals surface area contributed by atoms with Crippen molar-refractivity contribution < 1.29 is 4.79 Å². The second-order valence-corrected chi connectivity index (χ2v) is 7.93. The molecule has 0 radical (unpaired) electrons. The maximum atomic E-state index is 11.1. The summed E-state index contributed by atoms with van der Waals surface area (Å²) in [4.78, 5) is 13.4. The third-order valence-electron chi connectivity index (χ3n) is 5.62. The molecular weight excluding hydrogens is 434 g/mol. The second-order valence-electron chi connectivity index (χ2n) is 7.93. The summed E-state index contributed by atoms with van der Waals surface area (Å²) in [6.45, 7) is 6.17.